The Hall–Kier alpha value is -0.573. The Kier molecular flexibility index (Phi) is 3.24. The molecule has 0 fully saturated rings. The van der Waals surface area contributed by atoms with Gasteiger partial charge in [0.15, 0.2) is 0 Å². The van der Waals surface area contributed by atoms with Crippen molar-refractivity contribution in [1.82, 2.24) is 0 Å². The number of benzene rings is 1. The predicted molar refractivity (Wildman–Crippen MR) is 65.7 cm³/mol. The molecular weight excluding hydrogens is 187 g/mol. The van der Waals surface area contributed by atoms with Crippen LogP contribution in [0, 0.1) is 0 Å². The molecule has 0 unspecified atom stereocenters. The Balaban J connectivity index is 0.000000963. The van der Waals surface area contributed by atoms with Crippen molar-refractivity contribution in [2.75, 3.05) is 0 Å². The molecule has 0 aromatic heterocycles. The van der Waals surface area contributed by atoms with Crippen LogP contribution in [-0.2, 0) is 12.8 Å². The number of rotatable bonds is 1. The van der Waals surface area contributed by atoms with E-state index in [0.29, 0.717) is 5.92 Å². The molecule has 16 heavy (non-hydrogen) atoms. The molecule has 0 N–H and O–H groups in total. The third-order valence-corrected chi connectivity index (χ3v) is 3.64. The second-order valence-corrected chi connectivity index (χ2v) is 5.01. The molecule has 0 radical (unpaired) electrons. The number of fused-ring (bicyclic) bond motifs is 2. The normalized spacial score (nSPS) is 14.2. The molecule has 0 aliphatic heterocycles. The first kappa shape index (κ1) is 11.9. The molecule has 0 amide bonds. The van der Waals surface area contributed by atoms with E-state index in [4.69, 9.17) is 0 Å². The summed E-state index contributed by atoms with van der Waals surface area (Å²) in [5.74, 6) is 0.641. The van der Waals surface area contributed by atoms with Crippen molar-refractivity contribution in [1.29, 1.82) is 0 Å². The van der Waals surface area contributed by atoms with Crippen LogP contribution in [0.2, 0.25) is 0 Å². The second-order valence-electron chi connectivity index (χ2n) is 5.01. The number of hydrogen-bond acceptors (Lipinski definition) is 0. The van der Waals surface area contributed by atoms with Crippen LogP contribution in [0.1, 0.15) is 42.9 Å². The molecule has 2 aromatic rings. The van der Waals surface area contributed by atoms with Gasteiger partial charge in [0.05, 0.1) is 0 Å². The Morgan fingerprint density at radius 2 is 1.81 bits per heavy atom. The molecule has 0 heterocycles. The molecule has 1 heteroatoms. The van der Waals surface area contributed by atoms with Gasteiger partial charge in [-0.1, -0.05) is 30.9 Å². The van der Waals surface area contributed by atoms with Crippen LogP contribution < -0.4 is 18.9 Å². The summed E-state index contributed by atoms with van der Waals surface area (Å²) in [6.07, 6.45) is 3.92. The monoisotopic (exact) mass is 204 g/mol. The summed E-state index contributed by atoms with van der Waals surface area (Å²) in [6, 6.07) is 9.42. The molecule has 0 nitrogen and oxygen atoms in total. The average molecular weight is 204 g/mol. The SMILES string of the molecule is CC(C)[c-]1ccc2cc3c(cc21)CCC3.[Li+]. The van der Waals surface area contributed by atoms with Gasteiger partial charge in [-0.3, -0.25) is 0 Å². The van der Waals surface area contributed by atoms with Gasteiger partial charge in [0.2, 0.25) is 0 Å². The van der Waals surface area contributed by atoms with Crippen molar-refractivity contribution in [3.05, 3.63) is 41.0 Å². The van der Waals surface area contributed by atoms with Crippen LogP contribution in [-0.4, -0.2) is 0 Å². The molecule has 78 valence electrons. The van der Waals surface area contributed by atoms with Gasteiger partial charge in [-0.2, -0.15) is 6.07 Å². The minimum Gasteiger partial charge on any atom is -0.168 e. The Morgan fingerprint density at radius 1 is 1.12 bits per heavy atom. The van der Waals surface area contributed by atoms with E-state index in [1.54, 1.807) is 11.1 Å². The minimum absolute atomic E-state index is 0. The van der Waals surface area contributed by atoms with Gasteiger partial charge >= 0.3 is 18.9 Å². The van der Waals surface area contributed by atoms with E-state index in [9.17, 15) is 0 Å². The van der Waals surface area contributed by atoms with Gasteiger partial charge in [0, 0.05) is 0 Å². The van der Waals surface area contributed by atoms with Crippen LogP contribution >= 0.6 is 0 Å². The fourth-order valence-electron chi connectivity index (χ4n) is 2.80. The van der Waals surface area contributed by atoms with Gasteiger partial charge in [-0.25, -0.2) is 0 Å². The van der Waals surface area contributed by atoms with Crippen LogP contribution in [0.25, 0.3) is 10.8 Å². The first-order chi connectivity index (χ1) is 7.25. The Labute approximate surface area is 110 Å². The van der Waals surface area contributed by atoms with Crippen molar-refractivity contribution in [2.24, 2.45) is 0 Å². The fraction of sp³-hybridized carbons (Fsp3) is 0.400. The zero-order chi connectivity index (χ0) is 10.4. The second kappa shape index (κ2) is 4.36. The molecule has 0 saturated carbocycles. The van der Waals surface area contributed by atoms with Gasteiger partial charge < -0.3 is 0 Å². The smallest absolute Gasteiger partial charge is 0.168 e. The Morgan fingerprint density at radius 3 is 2.50 bits per heavy atom. The van der Waals surface area contributed by atoms with Crippen molar-refractivity contribution in [3.63, 3.8) is 0 Å². The molecule has 0 atom stereocenters. The van der Waals surface area contributed by atoms with Crippen molar-refractivity contribution in [2.45, 2.75) is 39.0 Å². The third kappa shape index (κ3) is 1.75. The van der Waals surface area contributed by atoms with Gasteiger partial charge in [-0.05, 0) is 19.3 Å². The predicted octanol–water partition coefficient (Wildman–Crippen LogP) is 1.17. The minimum atomic E-state index is 0. The maximum absolute atomic E-state index is 2.44. The summed E-state index contributed by atoms with van der Waals surface area (Å²) in [5, 5.41) is 2.94. The van der Waals surface area contributed by atoms with E-state index in [1.165, 1.54) is 35.6 Å². The maximum Gasteiger partial charge on any atom is 1.00 e. The summed E-state index contributed by atoms with van der Waals surface area (Å²) in [6.45, 7) is 4.56. The summed E-state index contributed by atoms with van der Waals surface area (Å²) < 4.78 is 0. The van der Waals surface area contributed by atoms with E-state index in [0.717, 1.165) is 0 Å². The van der Waals surface area contributed by atoms with E-state index < -0.39 is 0 Å². The Bertz CT molecular complexity index is 505. The molecular formula is C15H17Li. The molecule has 3 rings (SSSR count). The van der Waals surface area contributed by atoms with Crippen LogP contribution in [0.3, 0.4) is 0 Å². The molecule has 1 aliphatic rings. The largest absolute Gasteiger partial charge is 1.00 e. The number of aryl methyl sites for hydroxylation is 2. The zero-order valence-corrected chi connectivity index (χ0v) is 10.5. The molecule has 0 spiro atoms. The summed E-state index contributed by atoms with van der Waals surface area (Å²) >= 11 is 0. The summed E-state index contributed by atoms with van der Waals surface area (Å²) in [5.41, 5.74) is 4.69. The zero-order valence-electron chi connectivity index (χ0n) is 10.5. The molecule has 1 aliphatic carbocycles. The first-order valence-electron chi connectivity index (χ1n) is 5.97. The maximum atomic E-state index is 2.44. The van der Waals surface area contributed by atoms with Crippen LogP contribution in [0.15, 0.2) is 24.3 Å². The van der Waals surface area contributed by atoms with E-state index in [1.807, 2.05) is 0 Å². The quantitative estimate of drug-likeness (QED) is 0.483. The first-order valence-corrected chi connectivity index (χ1v) is 5.97. The van der Waals surface area contributed by atoms with E-state index in [-0.39, 0.29) is 18.9 Å². The molecule has 2 aromatic carbocycles. The van der Waals surface area contributed by atoms with Gasteiger partial charge in [0.25, 0.3) is 0 Å². The number of hydrogen-bond donors (Lipinski definition) is 0. The summed E-state index contributed by atoms with van der Waals surface area (Å²) in [7, 11) is 0. The van der Waals surface area contributed by atoms with Crippen LogP contribution in [0.5, 0.6) is 0 Å². The third-order valence-electron chi connectivity index (χ3n) is 3.64. The van der Waals surface area contributed by atoms with E-state index in [2.05, 4.69) is 38.1 Å². The van der Waals surface area contributed by atoms with Crippen molar-refractivity contribution in [3.8, 4) is 0 Å². The standard InChI is InChI=1S/C15H17.Li/c1-10(2)14-7-6-13-8-11-4-3-5-12(11)9-15(13)14;/h6-10H,3-5H2,1-2H3;/q-1;+1. The average Bonchev–Trinajstić information content (AvgIpc) is 2.77. The summed E-state index contributed by atoms with van der Waals surface area (Å²) in [4.78, 5) is 0. The molecule has 0 saturated heterocycles. The fourth-order valence-corrected chi connectivity index (χ4v) is 2.80. The van der Waals surface area contributed by atoms with Crippen LogP contribution in [0.4, 0.5) is 0 Å². The van der Waals surface area contributed by atoms with Crippen molar-refractivity contribution < 1.29 is 18.9 Å². The van der Waals surface area contributed by atoms with Gasteiger partial charge in [-0.15, -0.1) is 34.5 Å². The topological polar surface area (TPSA) is 0 Å². The van der Waals surface area contributed by atoms with E-state index >= 15 is 0 Å². The molecule has 0 bridgehead atoms. The van der Waals surface area contributed by atoms with Crippen molar-refractivity contribution >= 4 is 10.8 Å². The van der Waals surface area contributed by atoms with Gasteiger partial charge in [0.1, 0.15) is 0 Å².